The molecule has 1 aromatic heterocycles. The molecule has 2 heterocycles. The molecule has 0 saturated heterocycles. The van der Waals surface area contributed by atoms with Crippen molar-refractivity contribution in [2.75, 3.05) is 20.2 Å². The van der Waals surface area contributed by atoms with E-state index in [1.54, 1.807) is 42.7 Å². The predicted molar refractivity (Wildman–Crippen MR) is 133 cm³/mol. The molecule has 1 fully saturated rings. The van der Waals surface area contributed by atoms with Crippen LogP contribution in [0.25, 0.3) is 0 Å². The molecule has 1 saturated carbocycles. The Morgan fingerprint density at radius 1 is 1.09 bits per heavy atom. The SMILES string of the molecule is COc1ccc(C2c3ccsc3CCN2C(=O)CN(C2CC2)S(=O)(=O)c2ccc(C)cc2)cc1. The van der Waals surface area contributed by atoms with E-state index < -0.39 is 10.0 Å². The maximum atomic E-state index is 13.7. The fourth-order valence-corrected chi connectivity index (χ4v) is 7.11. The van der Waals surface area contributed by atoms with Crippen LogP contribution < -0.4 is 4.74 Å². The second-order valence-corrected chi connectivity index (χ2v) is 11.8. The van der Waals surface area contributed by atoms with Crippen molar-refractivity contribution in [3.63, 3.8) is 0 Å². The van der Waals surface area contributed by atoms with Crippen LogP contribution in [-0.4, -0.2) is 49.8 Å². The number of rotatable bonds is 7. The Balaban J connectivity index is 1.45. The molecule has 1 unspecified atom stereocenters. The van der Waals surface area contributed by atoms with E-state index in [9.17, 15) is 13.2 Å². The second-order valence-electron chi connectivity index (χ2n) is 8.91. The van der Waals surface area contributed by atoms with Gasteiger partial charge in [0.05, 0.1) is 24.6 Å². The number of methoxy groups -OCH3 is 1. The summed E-state index contributed by atoms with van der Waals surface area (Å²) in [7, 11) is -2.13. The van der Waals surface area contributed by atoms with Gasteiger partial charge in [0.15, 0.2) is 0 Å². The molecule has 0 N–H and O–H groups in total. The molecular formula is C26H28N2O4S2. The van der Waals surface area contributed by atoms with E-state index in [0.717, 1.165) is 41.7 Å². The van der Waals surface area contributed by atoms with E-state index in [-0.39, 0.29) is 29.4 Å². The molecule has 6 nitrogen and oxygen atoms in total. The van der Waals surface area contributed by atoms with Gasteiger partial charge in [0, 0.05) is 17.5 Å². The average Bonchev–Trinajstić information content (AvgIpc) is 3.57. The highest BCUT2D eigenvalue weighted by atomic mass is 32.2. The lowest BCUT2D eigenvalue weighted by molar-refractivity contribution is -0.133. The highest BCUT2D eigenvalue weighted by Crippen LogP contribution is 2.39. The molecule has 178 valence electrons. The normalized spacial score (nSPS) is 18.1. The summed E-state index contributed by atoms with van der Waals surface area (Å²) in [5, 5.41) is 2.06. The highest BCUT2D eigenvalue weighted by molar-refractivity contribution is 7.89. The molecule has 1 aliphatic carbocycles. The van der Waals surface area contributed by atoms with Crippen molar-refractivity contribution in [2.45, 2.75) is 43.2 Å². The monoisotopic (exact) mass is 496 g/mol. The van der Waals surface area contributed by atoms with E-state index in [0.29, 0.717) is 6.54 Å². The van der Waals surface area contributed by atoms with Gasteiger partial charge < -0.3 is 9.64 Å². The summed E-state index contributed by atoms with van der Waals surface area (Å²) in [5.41, 5.74) is 3.11. The Morgan fingerprint density at radius 2 is 1.79 bits per heavy atom. The summed E-state index contributed by atoms with van der Waals surface area (Å²) in [6, 6.07) is 16.3. The van der Waals surface area contributed by atoms with Crippen molar-refractivity contribution in [3.8, 4) is 5.75 Å². The molecule has 1 atom stereocenters. The van der Waals surface area contributed by atoms with Gasteiger partial charge >= 0.3 is 0 Å². The zero-order valence-corrected chi connectivity index (χ0v) is 20.9. The van der Waals surface area contributed by atoms with Gasteiger partial charge in [-0.05, 0) is 73.0 Å². The lowest BCUT2D eigenvalue weighted by Gasteiger charge is -2.37. The number of sulfonamides is 1. The smallest absolute Gasteiger partial charge is 0.243 e. The minimum atomic E-state index is -3.76. The molecule has 8 heteroatoms. The molecule has 0 spiro atoms. The number of benzene rings is 2. The zero-order chi connectivity index (χ0) is 23.9. The van der Waals surface area contributed by atoms with Crippen molar-refractivity contribution >= 4 is 27.3 Å². The molecule has 1 amide bonds. The summed E-state index contributed by atoms with van der Waals surface area (Å²) in [4.78, 5) is 17.1. The van der Waals surface area contributed by atoms with Crippen molar-refractivity contribution < 1.29 is 17.9 Å². The molecule has 0 bridgehead atoms. The summed E-state index contributed by atoms with van der Waals surface area (Å²) >= 11 is 1.71. The summed E-state index contributed by atoms with van der Waals surface area (Å²) < 4.78 is 33.6. The number of hydrogen-bond donors (Lipinski definition) is 0. The maximum Gasteiger partial charge on any atom is 0.243 e. The van der Waals surface area contributed by atoms with Crippen molar-refractivity contribution in [1.29, 1.82) is 0 Å². The Labute approximate surface area is 204 Å². The Hall–Kier alpha value is -2.68. The third-order valence-corrected chi connectivity index (χ3v) is 9.50. The molecular weight excluding hydrogens is 468 g/mol. The number of amides is 1. The fraction of sp³-hybridized carbons (Fsp3) is 0.346. The number of carbonyl (C=O) groups is 1. The number of carbonyl (C=O) groups excluding carboxylic acids is 1. The standard InChI is InChI=1S/C26H28N2O4S2/c1-18-3-11-22(12-4-18)34(30,31)28(20-7-8-20)17-25(29)27-15-13-24-23(14-16-33-24)26(27)19-5-9-21(32-2)10-6-19/h3-6,9-12,14,16,20,26H,7-8,13,15,17H2,1-2H3. The lowest BCUT2D eigenvalue weighted by Crippen LogP contribution is -2.47. The van der Waals surface area contributed by atoms with Gasteiger partial charge in [-0.2, -0.15) is 4.31 Å². The largest absolute Gasteiger partial charge is 0.497 e. The Morgan fingerprint density at radius 3 is 2.44 bits per heavy atom. The van der Waals surface area contributed by atoms with Crippen molar-refractivity contribution in [1.82, 2.24) is 9.21 Å². The molecule has 2 aliphatic rings. The molecule has 0 radical (unpaired) electrons. The van der Waals surface area contributed by atoms with E-state index in [1.165, 1.54) is 9.18 Å². The van der Waals surface area contributed by atoms with E-state index in [1.807, 2.05) is 36.1 Å². The lowest BCUT2D eigenvalue weighted by atomic mass is 9.93. The van der Waals surface area contributed by atoms with Crippen LogP contribution in [0.4, 0.5) is 0 Å². The van der Waals surface area contributed by atoms with Gasteiger partial charge in [0.25, 0.3) is 0 Å². The number of hydrogen-bond acceptors (Lipinski definition) is 5. The molecule has 2 aromatic carbocycles. The van der Waals surface area contributed by atoms with Crippen LogP contribution in [0.2, 0.25) is 0 Å². The molecule has 1 aliphatic heterocycles. The van der Waals surface area contributed by atoms with Crippen molar-refractivity contribution in [3.05, 3.63) is 81.5 Å². The minimum absolute atomic E-state index is 0.115. The van der Waals surface area contributed by atoms with Gasteiger partial charge in [-0.25, -0.2) is 8.42 Å². The van der Waals surface area contributed by atoms with Crippen LogP contribution in [-0.2, 0) is 21.2 Å². The van der Waals surface area contributed by atoms with E-state index in [4.69, 9.17) is 4.74 Å². The van der Waals surface area contributed by atoms with Crippen LogP contribution in [0.3, 0.4) is 0 Å². The number of aryl methyl sites for hydroxylation is 1. The third-order valence-electron chi connectivity index (χ3n) is 6.59. The number of fused-ring (bicyclic) bond motifs is 1. The third kappa shape index (κ3) is 4.37. The predicted octanol–water partition coefficient (Wildman–Crippen LogP) is 4.39. The van der Waals surface area contributed by atoms with Crippen LogP contribution in [0.1, 0.15) is 40.5 Å². The van der Waals surface area contributed by atoms with Gasteiger partial charge in [0.2, 0.25) is 15.9 Å². The molecule has 3 aromatic rings. The first kappa shape index (κ1) is 23.1. The van der Waals surface area contributed by atoms with Gasteiger partial charge in [0.1, 0.15) is 5.75 Å². The molecule has 34 heavy (non-hydrogen) atoms. The number of ether oxygens (including phenoxy) is 1. The fourth-order valence-electron chi connectivity index (χ4n) is 4.57. The first-order valence-electron chi connectivity index (χ1n) is 11.5. The first-order chi connectivity index (χ1) is 16.4. The average molecular weight is 497 g/mol. The first-order valence-corrected chi connectivity index (χ1v) is 13.8. The van der Waals surface area contributed by atoms with Crippen LogP contribution in [0, 0.1) is 6.92 Å². The summed E-state index contributed by atoms with van der Waals surface area (Å²) in [6.07, 6.45) is 2.35. The minimum Gasteiger partial charge on any atom is -0.497 e. The second kappa shape index (κ2) is 9.17. The Bertz CT molecular complexity index is 1280. The highest BCUT2D eigenvalue weighted by Gasteiger charge is 2.41. The zero-order valence-electron chi connectivity index (χ0n) is 19.3. The maximum absolute atomic E-state index is 13.7. The van der Waals surface area contributed by atoms with Crippen LogP contribution >= 0.6 is 11.3 Å². The van der Waals surface area contributed by atoms with Crippen molar-refractivity contribution in [2.24, 2.45) is 0 Å². The van der Waals surface area contributed by atoms with Gasteiger partial charge in [-0.3, -0.25) is 4.79 Å². The number of thiophene rings is 1. The van der Waals surface area contributed by atoms with Gasteiger partial charge in [-0.15, -0.1) is 11.3 Å². The Kier molecular flexibility index (Phi) is 6.22. The summed E-state index contributed by atoms with van der Waals surface area (Å²) in [5.74, 6) is 0.590. The molecule has 5 rings (SSSR count). The quantitative estimate of drug-likeness (QED) is 0.487. The number of nitrogens with zero attached hydrogens (tertiary/aromatic N) is 2. The topological polar surface area (TPSA) is 66.9 Å². The van der Waals surface area contributed by atoms with Gasteiger partial charge in [-0.1, -0.05) is 29.8 Å². The van der Waals surface area contributed by atoms with Crippen LogP contribution in [0.15, 0.2) is 64.9 Å². The van der Waals surface area contributed by atoms with E-state index in [2.05, 4.69) is 11.4 Å². The van der Waals surface area contributed by atoms with E-state index >= 15 is 0 Å². The van der Waals surface area contributed by atoms with Crippen LogP contribution in [0.5, 0.6) is 5.75 Å². The summed E-state index contributed by atoms with van der Waals surface area (Å²) in [6.45, 7) is 2.34.